The molecular formula is C18H13ClF2N6. The van der Waals surface area contributed by atoms with Crippen molar-refractivity contribution < 1.29 is 8.78 Å². The molecule has 0 atom stereocenters. The largest absolute Gasteiger partial charge is 0.381 e. The van der Waals surface area contributed by atoms with Gasteiger partial charge in [0.15, 0.2) is 11.6 Å². The first-order chi connectivity index (χ1) is 12.9. The molecule has 6 nitrogen and oxygen atoms in total. The standard InChI is InChI=1S/C18H13ClF2N6/c1-9-23-13-4-2-3-5-14(13)27(9)18-25-16(22)15(21)17(26-18)24-10-6-7-11(19)12(20)8-10/h2-8H,1H3,(H3,22,24,25,26). The Morgan fingerprint density at radius 1 is 1.07 bits per heavy atom. The Kier molecular flexibility index (Phi) is 4.12. The fourth-order valence-electron chi connectivity index (χ4n) is 2.74. The smallest absolute Gasteiger partial charge is 0.239 e. The average molecular weight is 387 g/mol. The molecule has 0 saturated carbocycles. The molecule has 0 radical (unpaired) electrons. The van der Waals surface area contributed by atoms with Crippen molar-refractivity contribution in [1.29, 1.82) is 0 Å². The monoisotopic (exact) mass is 386 g/mol. The number of nitrogens with zero attached hydrogens (tertiary/aromatic N) is 4. The van der Waals surface area contributed by atoms with Crippen LogP contribution in [0.2, 0.25) is 5.02 Å². The molecule has 0 bridgehead atoms. The highest BCUT2D eigenvalue weighted by Gasteiger charge is 2.17. The van der Waals surface area contributed by atoms with Crippen molar-refractivity contribution in [2.75, 3.05) is 11.1 Å². The minimum Gasteiger partial charge on any atom is -0.381 e. The van der Waals surface area contributed by atoms with Gasteiger partial charge in [0, 0.05) is 5.69 Å². The van der Waals surface area contributed by atoms with Crippen LogP contribution in [0.25, 0.3) is 17.0 Å². The molecule has 4 rings (SSSR count). The number of nitrogens with two attached hydrogens (primary N) is 1. The maximum Gasteiger partial charge on any atom is 0.239 e. The first-order valence-corrected chi connectivity index (χ1v) is 8.31. The quantitative estimate of drug-likeness (QED) is 0.546. The van der Waals surface area contributed by atoms with E-state index in [1.54, 1.807) is 11.5 Å². The summed E-state index contributed by atoms with van der Waals surface area (Å²) in [5, 5.41) is 2.67. The summed E-state index contributed by atoms with van der Waals surface area (Å²) in [6, 6.07) is 11.4. The van der Waals surface area contributed by atoms with Gasteiger partial charge in [-0.1, -0.05) is 23.7 Å². The van der Waals surface area contributed by atoms with Crippen LogP contribution in [-0.4, -0.2) is 19.5 Å². The van der Waals surface area contributed by atoms with Gasteiger partial charge in [0.1, 0.15) is 11.6 Å². The minimum atomic E-state index is -0.837. The van der Waals surface area contributed by atoms with Crippen LogP contribution in [0.3, 0.4) is 0 Å². The van der Waals surface area contributed by atoms with E-state index in [9.17, 15) is 8.78 Å². The van der Waals surface area contributed by atoms with E-state index in [4.69, 9.17) is 17.3 Å². The lowest BCUT2D eigenvalue weighted by Gasteiger charge is -2.12. The normalized spacial score (nSPS) is 11.1. The number of halogens is 3. The highest BCUT2D eigenvalue weighted by Crippen LogP contribution is 2.26. The van der Waals surface area contributed by atoms with Crippen molar-refractivity contribution >= 4 is 40.0 Å². The highest BCUT2D eigenvalue weighted by atomic mass is 35.5. The number of aromatic nitrogens is 4. The number of anilines is 3. The van der Waals surface area contributed by atoms with Gasteiger partial charge in [0.2, 0.25) is 11.8 Å². The summed E-state index contributed by atoms with van der Waals surface area (Å²) in [5.74, 6) is -1.23. The summed E-state index contributed by atoms with van der Waals surface area (Å²) in [5.41, 5.74) is 7.50. The number of fused-ring (bicyclic) bond motifs is 1. The second kappa shape index (κ2) is 6.48. The predicted molar refractivity (Wildman–Crippen MR) is 100 cm³/mol. The van der Waals surface area contributed by atoms with Gasteiger partial charge < -0.3 is 11.1 Å². The van der Waals surface area contributed by atoms with Gasteiger partial charge in [-0.15, -0.1) is 0 Å². The van der Waals surface area contributed by atoms with Crippen molar-refractivity contribution in [2.24, 2.45) is 0 Å². The third-order valence-electron chi connectivity index (χ3n) is 3.98. The van der Waals surface area contributed by atoms with E-state index in [0.717, 1.165) is 17.1 Å². The number of imidazole rings is 1. The maximum absolute atomic E-state index is 14.4. The Morgan fingerprint density at radius 2 is 1.85 bits per heavy atom. The van der Waals surface area contributed by atoms with E-state index < -0.39 is 11.6 Å². The predicted octanol–water partition coefficient (Wildman–Crippen LogP) is 4.38. The lowest BCUT2D eigenvalue weighted by Crippen LogP contribution is -2.10. The molecule has 3 N–H and O–H groups in total. The molecule has 2 heterocycles. The van der Waals surface area contributed by atoms with Crippen LogP contribution in [0, 0.1) is 18.6 Å². The molecule has 2 aromatic heterocycles. The number of para-hydroxylation sites is 2. The zero-order valence-corrected chi connectivity index (χ0v) is 14.8. The molecule has 2 aromatic carbocycles. The number of nitrogen functional groups attached to an aromatic ring is 1. The van der Waals surface area contributed by atoms with Crippen LogP contribution < -0.4 is 11.1 Å². The molecule has 9 heteroatoms. The molecule has 27 heavy (non-hydrogen) atoms. The third kappa shape index (κ3) is 3.04. The Hall–Kier alpha value is -3.26. The Balaban J connectivity index is 1.84. The van der Waals surface area contributed by atoms with Crippen molar-refractivity contribution in [3.63, 3.8) is 0 Å². The highest BCUT2D eigenvalue weighted by molar-refractivity contribution is 6.30. The van der Waals surface area contributed by atoms with Crippen molar-refractivity contribution in [2.45, 2.75) is 6.92 Å². The van der Waals surface area contributed by atoms with Crippen LogP contribution in [-0.2, 0) is 0 Å². The van der Waals surface area contributed by atoms with Crippen LogP contribution in [0.5, 0.6) is 0 Å². The van der Waals surface area contributed by atoms with Gasteiger partial charge >= 0.3 is 0 Å². The van der Waals surface area contributed by atoms with E-state index in [-0.39, 0.29) is 28.3 Å². The summed E-state index contributed by atoms with van der Waals surface area (Å²) in [6.45, 7) is 1.78. The van der Waals surface area contributed by atoms with Gasteiger partial charge in [-0.2, -0.15) is 14.4 Å². The topological polar surface area (TPSA) is 81.7 Å². The SMILES string of the molecule is Cc1nc2ccccc2n1-c1nc(N)c(F)c(Nc2ccc(Cl)c(F)c2)n1. The molecule has 0 spiro atoms. The van der Waals surface area contributed by atoms with Gasteiger partial charge in [0.25, 0.3) is 0 Å². The van der Waals surface area contributed by atoms with Crippen LogP contribution in [0.1, 0.15) is 5.82 Å². The average Bonchev–Trinajstić information content (AvgIpc) is 2.97. The van der Waals surface area contributed by atoms with E-state index in [2.05, 4.69) is 20.3 Å². The Labute approximate surface area is 157 Å². The number of nitrogens with one attached hydrogen (secondary N) is 1. The first-order valence-electron chi connectivity index (χ1n) is 7.93. The van der Waals surface area contributed by atoms with Crippen LogP contribution >= 0.6 is 11.6 Å². The maximum atomic E-state index is 14.4. The van der Waals surface area contributed by atoms with Gasteiger partial charge in [-0.25, -0.2) is 9.37 Å². The van der Waals surface area contributed by atoms with Crippen molar-refractivity contribution in [1.82, 2.24) is 19.5 Å². The number of aryl methyl sites for hydroxylation is 1. The van der Waals surface area contributed by atoms with Gasteiger partial charge in [-0.3, -0.25) is 4.57 Å². The fourth-order valence-corrected chi connectivity index (χ4v) is 2.86. The van der Waals surface area contributed by atoms with Crippen molar-refractivity contribution in [3.8, 4) is 5.95 Å². The zero-order chi connectivity index (χ0) is 19.1. The molecule has 0 unspecified atom stereocenters. The zero-order valence-electron chi connectivity index (χ0n) is 14.0. The van der Waals surface area contributed by atoms with Gasteiger partial charge in [0.05, 0.1) is 16.1 Å². The molecule has 0 aliphatic heterocycles. The van der Waals surface area contributed by atoms with Crippen molar-refractivity contribution in [3.05, 3.63) is 64.9 Å². The van der Waals surface area contributed by atoms with E-state index in [1.807, 2.05) is 24.3 Å². The summed E-state index contributed by atoms with van der Waals surface area (Å²) in [4.78, 5) is 12.7. The molecule has 0 aliphatic carbocycles. The van der Waals surface area contributed by atoms with E-state index in [1.165, 1.54) is 12.1 Å². The lowest BCUT2D eigenvalue weighted by atomic mass is 10.3. The second-order valence-electron chi connectivity index (χ2n) is 5.81. The molecule has 136 valence electrons. The minimum absolute atomic E-state index is 0.0376. The number of hydrogen-bond acceptors (Lipinski definition) is 5. The number of hydrogen-bond donors (Lipinski definition) is 2. The lowest BCUT2D eigenvalue weighted by molar-refractivity contribution is 0.621. The Bertz CT molecular complexity index is 1170. The summed E-state index contributed by atoms with van der Waals surface area (Å²) in [6.07, 6.45) is 0. The number of benzene rings is 2. The summed E-state index contributed by atoms with van der Waals surface area (Å²) in [7, 11) is 0. The van der Waals surface area contributed by atoms with E-state index >= 15 is 0 Å². The van der Waals surface area contributed by atoms with Crippen LogP contribution in [0.15, 0.2) is 42.5 Å². The van der Waals surface area contributed by atoms with Crippen LogP contribution in [0.4, 0.5) is 26.1 Å². The van der Waals surface area contributed by atoms with E-state index in [0.29, 0.717) is 5.82 Å². The molecule has 0 saturated heterocycles. The Morgan fingerprint density at radius 3 is 2.63 bits per heavy atom. The molecule has 0 aliphatic rings. The first kappa shape index (κ1) is 17.2. The third-order valence-corrected chi connectivity index (χ3v) is 4.28. The second-order valence-corrected chi connectivity index (χ2v) is 6.22. The summed E-state index contributed by atoms with van der Waals surface area (Å²) >= 11 is 5.67. The number of rotatable bonds is 3. The fraction of sp³-hybridized carbons (Fsp3) is 0.0556. The molecule has 0 amide bonds. The summed E-state index contributed by atoms with van der Waals surface area (Å²) < 4.78 is 29.8. The molecule has 0 fully saturated rings. The molecule has 4 aromatic rings. The van der Waals surface area contributed by atoms with Gasteiger partial charge in [-0.05, 0) is 37.3 Å². The molecular weight excluding hydrogens is 374 g/mol.